The first kappa shape index (κ1) is 17.5. The van der Waals surface area contributed by atoms with Gasteiger partial charge in [-0.1, -0.05) is 12.1 Å². The molecule has 1 fully saturated rings. The number of hydrogen-bond acceptors (Lipinski definition) is 5. The molecule has 0 N–H and O–H groups in total. The number of piperazine rings is 1. The first-order valence-corrected chi connectivity index (χ1v) is 10.4. The molecule has 2 aliphatic rings. The van der Waals surface area contributed by atoms with Crippen molar-refractivity contribution in [3.8, 4) is 0 Å². The van der Waals surface area contributed by atoms with Crippen molar-refractivity contribution in [3.63, 3.8) is 0 Å². The summed E-state index contributed by atoms with van der Waals surface area (Å²) in [5.41, 5.74) is 6.76. The average Bonchev–Trinajstić information content (AvgIpc) is 3.08. The summed E-state index contributed by atoms with van der Waals surface area (Å²) in [6, 6.07) is 6.62. The van der Waals surface area contributed by atoms with Crippen LogP contribution in [0.4, 0.5) is 11.5 Å². The Morgan fingerprint density at radius 3 is 2.43 bits per heavy atom. The molecule has 3 aromatic rings. The van der Waals surface area contributed by atoms with E-state index in [9.17, 15) is 0 Å². The normalized spacial score (nSPS) is 17.2. The SMILES string of the molecule is Cc1nc2nc3c(c(N4CCN(c5cccc(C)c5C)CC4)n2n1)CCCC3. The van der Waals surface area contributed by atoms with Crippen LogP contribution in [0.2, 0.25) is 0 Å². The van der Waals surface area contributed by atoms with Gasteiger partial charge >= 0.3 is 0 Å². The fraction of sp³-hybridized carbons (Fsp3) is 0.500. The van der Waals surface area contributed by atoms with E-state index in [1.165, 1.54) is 46.7 Å². The summed E-state index contributed by atoms with van der Waals surface area (Å²) in [5.74, 6) is 2.79. The number of anilines is 2. The molecule has 146 valence electrons. The fourth-order valence-electron chi connectivity index (χ4n) is 4.68. The summed E-state index contributed by atoms with van der Waals surface area (Å²) in [4.78, 5) is 14.4. The molecule has 28 heavy (non-hydrogen) atoms. The molecule has 5 rings (SSSR count). The van der Waals surface area contributed by atoms with Gasteiger partial charge in [-0.25, -0.2) is 4.98 Å². The predicted molar refractivity (Wildman–Crippen MR) is 113 cm³/mol. The lowest BCUT2D eigenvalue weighted by Crippen LogP contribution is -2.48. The highest BCUT2D eigenvalue weighted by Gasteiger charge is 2.27. The van der Waals surface area contributed by atoms with Crippen molar-refractivity contribution in [2.75, 3.05) is 36.0 Å². The van der Waals surface area contributed by atoms with Crippen LogP contribution in [0.5, 0.6) is 0 Å². The quantitative estimate of drug-likeness (QED) is 0.687. The Balaban J connectivity index is 1.48. The molecule has 6 heteroatoms. The first-order valence-electron chi connectivity index (χ1n) is 10.4. The molecule has 1 aliphatic heterocycles. The number of rotatable bonds is 2. The zero-order chi connectivity index (χ0) is 19.3. The molecule has 1 aliphatic carbocycles. The Kier molecular flexibility index (Phi) is 4.22. The maximum Gasteiger partial charge on any atom is 0.254 e. The Morgan fingerprint density at radius 2 is 1.61 bits per heavy atom. The lowest BCUT2D eigenvalue weighted by molar-refractivity contribution is 0.614. The van der Waals surface area contributed by atoms with Crippen LogP contribution in [0.15, 0.2) is 18.2 Å². The lowest BCUT2D eigenvalue weighted by Gasteiger charge is -2.39. The topological polar surface area (TPSA) is 49.6 Å². The third-order valence-corrected chi connectivity index (χ3v) is 6.34. The fourth-order valence-corrected chi connectivity index (χ4v) is 4.68. The van der Waals surface area contributed by atoms with Crippen molar-refractivity contribution >= 4 is 17.3 Å². The number of fused-ring (bicyclic) bond motifs is 2. The summed E-state index contributed by atoms with van der Waals surface area (Å²) >= 11 is 0. The summed E-state index contributed by atoms with van der Waals surface area (Å²) < 4.78 is 1.99. The van der Waals surface area contributed by atoms with Gasteiger partial charge in [-0.05, 0) is 63.6 Å². The Bertz CT molecular complexity index is 1030. The number of aromatic nitrogens is 4. The van der Waals surface area contributed by atoms with Crippen LogP contribution < -0.4 is 9.80 Å². The van der Waals surface area contributed by atoms with E-state index >= 15 is 0 Å². The first-order chi connectivity index (χ1) is 13.6. The molecule has 1 saturated heterocycles. The van der Waals surface area contributed by atoms with E-state index in [-0.39, 0.29) is 0 Å². The van der Waals surface area contributed by atoms with Crippen molar-refractivity contribution in [2.45, 2.75) is 46.5 Å². The second-order valence-corrected chi connectivity index (χ2v) is 8.13. The minimum Gasteiger partial charge on any atom is -0.368 e. The molecule has 0 unspecified atom stereocenters. The van der Waals surface area contributed by atoms with Gasteiger partial charge in [-0.2, -0.15) is 9.50 Å². The molecule has 6 nitrogen and oxygen atoms in total. The summed E-state index contributed by atoms with van der Waals surface area (Å²) in [6.45, 7) is 10.4. The molecule has 3 heterocycles. The molecule has 0 bridgehead atoms. The van der Waals surface area contributed by atoms with Crippen LogP contribution in [-0.4, -0.2) is 45.8 Å². The third-order valence-electron chi connectivity index (χ3n) is 6.34. The molecular weight excluding hydrogens is 348 g/mol. The van der Waals surface area contributed by atoms with Crippen LogP contribution in [-0.2, 0) is 12.8 Å². The van der Waals surface area contributed by atoms with Gasteiger partial charge in [-0.3, -0.25) is 0 Å². The summed E-state index contributed by atoms with van der Waals surface area (Å²) in [7, 11) is 0. The largest absolute Gasteiger partial charge is 0.368 e. The third kappa shape index (κ3) is 2.82. The van der Waals surface area contributed by atoms with Gasteiger partial charge < -0.3 is 9.80 Å². The maximum absolute atomic E-state index is 4.83. The molecule has 0 saturated carbocycles. The van der Waals surface area contributed by atoms with Gasteiger partial charge in [0.25, 0.3) is 5.78 Å². The zero-order valence-electron chi connectivity index (χ0n) is 17.1. The molecule has 0 radical (unpaired) electrons. The van der Waals surface area contributed by atoms with Gasteiger partial charge in [0.05, 0.1) is 5.69 Å². The minimum absolute atomic E-state index is 0.755. The van der Waals surface area contributed by atoms with Crippen LogP contribution >= 0.6 is 0 Å². The van der Waals surface area contributed by atoms with Gasteiger partial charge in [-0.15, -0.1) is 5.10 Å². The molecule has 1 aromatic carbocycles. The van der Waals surface area contributed by atoms with Gasteiger partial charge in [0.1, 0.15) is 11.6 Å². The van der Waals surface area contributed by atoms with Crippen molar-refractivity contribution in [1.29, 1.82) is 0 Å². The second kappa shape index (κ2) is 6.76. The van der Waals surface area contributed by atoms with Crippen LogP contribution in [0.1, 0.15) is 41.1 Å². The molecule has 2 aromatic heterocycles. The van der Waals surface area contributed by atoms with Gasteiger partial charge in [0, 0.05) is 37.4 Å². The molecule has 0 amide bonds. The van der Waals surface area contributed by atoms with E-state index < -0.39 is 0 Å². The predicted octanol–water partition coefficient (Wildman–Crippen LogP) is 3.25. The van der Waals surface area contributed by atoms with E-state index in [0.29, 0.717) is 0 Å². The Labute approximate surface area is 166 Å². The highest BCUT2D eigenvalue weighted by Crippen LogP contribution is 2.31. The number of benzene rings is 1. The minimum atomic E-state index is 0.755. The zero-order valence-corrected chi connectivity index (χ0v) is 17.1. The van der Waals surface area contributed by atoms with Gasteiger partial charge in [0.15, 0.2) is 0 Å². The number of aryl methyl sites for hydroxylation is 3. The highest BCUT2D eigenvalue weighted by molar-refractivity contribution is 5.60. The molecule has 0 spiro atoms. The number of hydrogen-bond donors (Lipinski definition) is 0. The average molecular weight is 377 g/mol. The van der Waals surface area contributed by atoms with Crippen LogP contribution in [0.25, 0.3) is 5.78 Å². The Morgan fingerprint density at radius 1 is 0.857 bits per heavy atom. The van der Waals surface area contributed by atoms with Crippen molar-refractivity contribution in [3.05, 3.63) is 46.4 Å². The lowest BCUT2D eigenvalue weighted by atomic mass is 9.96. The Hall–Kier alpha value is -2.63. The molecule has 0 atom stereocenters. The monoisotopic (exact) mass is 376 g/mol. The smallest absolute Gasteiger partial charge is 0.254 e. The van der Waals surface area contributed by atoms with Gasteiger partial charge in [0.2, 0.25) is 0 Å². The van der Waals surface area contributed by atoms with Crippen molar-refractivity contribution in [2.24, 2.45) is 0 Å². The van der Waals surface area contributed by atoms with E-state index in [4.69, 9.17) is 4.98 Å². The standard InChI is InChI=1S/C22H28N6/c1-15-7-6-10-20(16(15)2)26-11-13-27(14-12-26)21-18-8-4-5-9-19(18)24-22-23-17(3)25-28(21)22/h6-7,10H,4-5,8-9,11-14H2,1-3H3. The van der Waals surface area contributed by atoms with Crippen molar-refractivity contribution < 1.29 is 0 Å². The van der Waals surface area contributed by atoms with Crippen molar-refractivity contribution in [1.82, 2.24) is 19.6 Å². The molecular formula is C22H28N6. The highest BCUT2D eigenvalue weighted by atomic mass is 15.4. The van der Waals surface area contributed by atoms with E-state index in [1.807, 2.05) is 11.4 Å². The maximum atomic E-state index is 4.83. The van der Waals surface area contributed by atoms with E-state index in [2.05, 4.69) is 51.9 Å². The van der Waals surface area contributed by atoms with Crippen LogP contribution in [0.3, 0.4) is 0 Å². The summed E-state index contributed by atoms with van der Waals surface area (Å²) in [6.07, 6.45) is 4.63. The summed E-state index contributed by atoms with van der Waals surface area (Å²) in [5, 5.41) is 4.69. The van der Waals surface area contributed by atoms with Crippen LogP contribution in [0, 0.1) is 20.8 Å². The second-order valence-electron chi connectivity index (χ2n) is 8.13. The van der Waals surface area contributed by atoms with E-state index in [0.717, 1.165) is 50.6 Å². The number of nitrogens with zero attached hydrogens (tertiary/aromatic N) is 6. The van der Waals surface area contributed by atoms with E-state index in [1.54, 1.807) is 0 Å².